The lowest BCUT2D eigenvalue weighted by atomic mass is 9.95. The highest BCUT2D eigenvalue weighted by atomic mass is 15.1. The topological polar surface area (TPSA) is 32.5 Å². The largest absolute Gasteiger partial charge is 0.371 e. The van der Waals surface area contributed by atoms with E-state index in [0.29, 0.717) is 6.54 Å². The fourth-order valence-electron chi connectivity index (χ4n) is 3.06. The zero-order valence-electron chi connectivity index (χ0n) is 12.5. The maximum atomic E-state index is 5.89. The molecule has 0 amide bonds. The second-order valence-corrected chi connectivity index (χ2v) is 6.03. The number of nitrogens with two attached hydrogens (primary N) is 1. The number of nitrogens with zero attached hydrogens (tertiary/aromatic N) is 2. The number of piperidine rings is 1. The van der Waals surface area contributed by atoms with Gasteiger partial charge in [-0.25, -0.2) is 0 Å². The fraction of sp³-hybridized carbons (Fsp3) is 0.625. The molecule has 3 heteroatoms. The maximum absolute atomic E-state index is 5.89. The monoisotopic (exact) mass is 261 g/mol. The minimum absolute atomic E-state index is 0.634. The SMILES string of the molecule is Cc1ccc(N2CCC(CN(C)C)CC2)c(CN)c1. The van der Waals surface area contributed by atoms with Crippen molar-refractivity contribution >= 4 is 5.69 Å². The first-order valence-electron chi connectivity index (χ1n) is 7.29. The molecule has 0 aliphatic carbocycles. The molecule has 106 valence electrons. The van der Waals surface area contributed by atoms with Crippen LogP contribution in [0.4, 0.5) is 5.69 Å². The highest BCUT2D eigenvalue weighted by molar-refractivity contribution is 5.55. The number of rotatable bonds is 4. The molecule has 1 aliphatic rings. The molecule has 1 fully saturated rings. The minimum Gasteiger partial charge on any atom is -0.371 e. The van der Waals surface area contributed by atoms with Gasteiger partial charge in [-0.05, 0) is 51.4 Å². The molecule has 1 saturated heterocycles. The molecule has 1 aromatic carbocycles. The molecule has 0 saturated carbocycles. The molecule has 3 nitrogen and oxygen atoms in total. The summed E-state index contributed by atoms with van der Waals surface area (Å²) in [7, 11) is 4.33. The van der Waals surface area contributed by atoms with Crippen LogP contribution in [0, 0.1) is 12.8 Å². The van der Waals surface area contributed by atoms with Crippen LogP contribution in [0.1, 0.15) is 24.0 Å². The molecule has 0 spiro atoms. The molecule has 0 aromatic heterocycles. The standard InChI is InChI=1S/C16H27N3/c1-13-4-5-16(15(10-13)11-17)19-8-6-14(7-9-19)12-18(2)3/h4-5,10,14H,6-9,11-12,17H2,1-3H3. The first kappa shape index (κ1) is 14.4. The molecule has 1 aromatic rings. The summed E-state index contributed by atoms with van der Waals surface area (Å²) in [6.07, 6.45) is 2.58. The molecule has 2 rings (SSSR count). The second kappa shape index (κ2) is 6.40. The number of hydrogen-bond donors (Lipinski definition) is 1. The van der Waals surface area contributed by atoms with Crippen molar-refractivity contribution in [2.24, 2.45) is 11.7 Å². The third-order valence-corrected chi connectivity index (χ3v) is 4.03. The van der Waals surface area contributed by atoms with Gasteiger partial charge in [-0.2, -0.15) is 0 Å². The van der Waals surface area contributed by atoms with Crippen LogP contribution in [0.5, 0.6) is 0 Å². The summed E-state index contributed by atoms with van der Waals surface area (Å²) in [5.74, 6) is 0.845. The van der Waals surface area contributed by atoms with Crippen LogP contribution in [-0.2, 0) is 6.54 Å². The van der Waals surface area contributed by atoms with E-state index >= 15 is 0 Å². The van der Waals surface area contributed by atoms with E-state index in [-0.39, 0.29) is 0 Å². The van der Waals surface area contributed by atoms with Crippen molar-refractivity contribution in [1.29, 1.82) is 0 Å². The van der Waals surface area contributed by atoms with Gasteiger partial charge in [-0.3, -0.25) is 0 Å². The summed E-state index contributed by atoms with van der Waals surface area (Å²) in [6.45, 7) is 6.30. The quantitative estimate of drug-likeness (QED) is 0.902. The summed E-state index contributed by atoms with van der Waals surface area (Å²) in [5, 5.41) is 0. The maximum Gasteiger partial charge on any atom is 0.0411 e. The van der Waals surface area contributed by atoms with Crippen molar-refractivity contribution in [1.82, 2.24) is 4.90 Å². The van der Waals surface area contributed by atoms with E-state index in [0.717, 1.165) is 19.0 Å². The lowest BCUT2D eigenvalue weighted by Crippen LogP contribution is -2.37. The van der Waals surface area contributed by atoms with Gasteiger partial charge >= 0.3 is 0 Å². The van der Waals surface area contributed by atoms with Gasteiger partial charge in [0, 0.05) is 31.9 Å². The van der Waals surface area contributed by atoms with Gasteiger partial charge < -0.3 is 15.5 Å². The van der Waals surface area contributed by atoms with Crippen molar-refractivity contribution in [3.63, 3.8) is 0 Å². The molecule has 1 heterocycles. The summed E-state index contributed by atoms with van der Waals surface area (Å²) in [6, 6.07) is 6.66. The highest BCUT2D eigenvalue weighted by Gasteiger charge is 2.21. The Morgan fingerprint density at radius 3 is 2.53 bits per heavy atom. The van der Waals surface area contributed by atoms with Gasteiger partial charge in [0.05, 0.1) is 0 Å². The molecule has 0 bridgehead atoms. The number of anilines is 1. The Labute approximate surface area is 117 Å². The average molecular weight is 261 g/mol. The second-order valence-electron chi connectivity index (χ2n) is 6.03. The lowest BCUT2D eigenvalue weighted by Gasteiger charge is -2.35. The predicted octanol–water partition coefficient (Wildman–Crippen LogP) is 2.23. The summed E-state index contributed by atoms with van der Waals surface area (Å²) in [5.41, 5.74) is 9.81. The van der Waals surface area contributed by atoms with Crippen LogP contribution in [0.25, 0.3) is 0 Å². The summed E-state index contributed by atoms with van der Waals surface area (Å²) in [4.78, 5) is 4.81. The highest BCUT2D eigenvalue weighted by Crippen LogP contribution is 2.27. The fourth-order valence-corrected chi connectivity index (χ4v) is 3.06. The van der Waals surface area contributed by atoms with Crippen molar-refractivity contribution in [3.8, 4) is 0 Å². The molecule has 2 N–H and O–H groups in total. The van der Waals surface area contributed by atoms with Crippen molar-refractivity contribution in [3.05, 3.63) is 29.3 Å². The first-order valence-corrected chi connectivity index (χ1v) is 7.29. The van der Waals surface area contributed by atoms with Gasteiger partial charge in [0.15, 0.2) is 0 Å². The molecule has 1 aliphatic heterocycles. The van der Waals surface area contributed by atoms with Crippen LogP contribution in [0.3, 0.4) is 0 Å². The van der Waals surface area contributed by atoms with Crippen molar-refractivity contribution in [2.45, 2.75) is 26.3 Å². The third-order valence-electron chi connectivity index (χ3n) is 4.03. The van der Waals surface area contributed by atoms with E-state index in [2.05, 4.69) is 49.0 Å². The van der Waals surface area contributed by atoms with Crippen LogP contribution in [0.2, 0.25) is 0 Å². The predicted molar refractivity (Wildman–Crippen MR) is 82.6 cm³/mol. The van der Waals surface area contributed by atoms with E-state index < -0.39 is 0 Å². The van der Waals surface area contributed by atoms with Crippen molar-refractivity contribution in [2.75, 3.05) is 38.6 Å². The number of hydrogen-bond acceptors (Lipinski definition) is 3. The van der Waals surface area contributed by atoms with Gasteiger partial charge in [-0.1, -0.05) is 17.7 Å². The van der Waals surface area contributed by atoms with Crippen LogP contribution in [0.15, 0.2) is 18.2 Å². The van der Waals surface area contributed by atoms with Crippen LogP contribution in [-0.4, -0.2) is 38.6 Å². The van der Waals surface area contributed by atoms with Crippen LogP contribution >= 0.6 is 0 Å². The summed E-state index contributed by atoms with van der Waals surface area (Å²) < 4.78 is 0. The molecule has 0 radical (unpaired) electrons. The van der Waals surface area contributed by atoms with Gasteiger partial charge in [0.2, 0.25) is 0 Å². The third kappa shape index (κ3) is 3.71. The number of aryl methyl sites for hydroxylation is 1. The van der Waals surface area contributed by atoms with E-state index in [4.69, 9.17) is 5.73 Å². The smallest absolute Gasteiger partial charge is 0.0411 e. The zero-order chi connectivity index (χ0) is 13.8. The van der Waals surface area contributed by atoms with E-state index in [9.17, 15) is 0 Å². The molecule has 0 unspecified atom stereocenters. The molecule has 0 atom stereocenters. The Morgan fingerprint density at radius 2 is 1.95 bits per heavy atom. The average Bonchev–Trinajstić information content (AvgIpc) is 2.39. The van der Waals surface area contributed by atoms with Gasteiger partial charge in [-0.15, -0.1) is 0 Å². The number of benzene rings is 1. The molecule has 19 heavy (non-hydrogen) atoms. The van der Waals surface area contributed by atoms with Crippen LogP contribution < -0.4 is 10.6 Å². The normalized spacial score (nSPS) is 17.2. The first-order chi connectivity index (χ1) is 9.10. The van der Waals surface area contributed by atoms with Gasteiger partial charge in [0.25, 0.3) is 0 Å². The van der Waals surface area contributed by atoms with Gasteiger partial charge in [0.1, 0.15) is 0 Å². The Bertz CT molecular complexity index is 406. The Kier molecular flexibility index (Phi) is 4.83. The van der Waals surface area contributed by atoms with Crippen molar-refractivity contribution < 1.29 is 0 Å². The Hall–Kier alpha value is -1.06. The minimum atomic E-state index is 0.634. The lowest BCUT2D eigenvalue weighted by molar-refractivity contribution is 0.285. The Morgan fingerprint density at radius 1 is 1.26 bits per heavy atom. The Balaban J connectivity index is 2.01. The zero-order valence-corrected chi connectivity index (χ0v) is 12.5. The summed E-state index contributed by atoms with van der Waals surface area (Å²) >= 11 is 0. The van der Waals surface area contributed by atoms with E-state index in [1.165, 1.54) is 36.2 Å². The van der Waals surface area contributed by atoms with E-state index in [1.807, 2.05) is 0 Å². The molecular weight excluding hydrogens is 234 g/mol. The van der Waals surface area contributed by atoms with E-state index in [1.54, 1.807) is 0 Å². The molecular formula is C16H27N3.